The van der Waals surface area contributed by atoms with Gasteiger partial charge in [-0.3, -0.25) is 0 Å². The van der Waals surface area contributed by atoms with Crippen molar-refractivity contribution in [3.63, 3.8) is 0 Å². The van der Waals surface area contributed by atoms with E-state index < -0.39 is 44.4 Å². The molecule has 24 heavy (non-hydrogen) atoms. The molecule has 2 atom stereocenters. The summed E-state index contributed by atoms with van der Waals surface area (Å²) in [5.41, 5.74) is 0. The molecule has 2 aliphatic rings. The highest BCUT2D eigenvalue weighted by Crippen LogP contribution is 2.55. The van der Waals surface area contributed by atoms with Crippen LogP contribution in [0.5, 0.6) is 0 Å². The molecule has 2 unspecified atom stereocenters. The number of hydrogen-bond donors (Lipinski definition) is 0. The molecule has 1 aliphatic heterocycles. The van der Waals surface area contributed by atoms with Gasteiger partial charge >= 0.3 is 17.4 Å². The maximum absolute atomic E-state index is 13.6. The summed E-state index contributed by atoms with van der Waals surface area (Å²) in [6, 6.07) is 0. The summed E-state index contributed by atoms with van der Waals surface area (Å²) in [7, 11) is 0. The number of rotatable bonds is 4. The second-order valence-electron chi connectivity index (χ2n) is 5.24. The lowest BCUT2D eigenvalue weighted by Crippen LogP contribution is -2.50. The van der Waals surface area contributed by atoms with Crippen molar-refractivity contribution in [3.8, 4) is 0 Å². The number of alkyl halides is 8. The topological polar surface area (TPSA) is 9.23 Å². The molecule has 0 amide bonds. The molecule has 1 aliphatic carbocycles. The SMILES string of the molecule is FC(F)(F)C(F)(F)C(F)(F)SC1=CC(Br)(C2CCCO2)[CH]C(Br)=C1. The highest BCUT2D eigenvalue weighted by molar-refractivity contribution is 9.12. The van der Waals surface area contributed by atoms with E-state index >= 15 is 0 Å². The molecule has 1 radical (unpaired) electrons. The maximum Gasteiger partial charge on any atom is 0.460 e. The van der Waals surface area contributed by atoms with E-state index in [9.17, 15) is 30.7 Å². The summed E-state index contributed by atoms with van der Waals surface area (Å²) < 4.78 is 94.6. The van der Waals surface area contributed by atoms with Crippen molar-refractivity contribution >= 4 is 43.6 Å². The first kappa shape index (κ1) is 20.6. The number of allylic oxidation sites excluding steroid dienone is 2. The smallest absolute Gasteiger partial charge is 0.376 e. The van der Waals surface area contributed by atoms with E-state index in [4.69, 9.17) is 4.74 Å². The Morgan fingerprint density at radius 3 is 2.29 bits per heavy atom. The fraction of sp³-hybridized carbons (Fsp3) is 0.615. The van der Waals surface area contributed by atoms with Gasteiger partial charge in [0.2, 0.25) is 0 Å². The zero-order valence-electron chi connectivity index (χ0n) is 11.6. The van der Waals surface area contributed by atoms with Crippen LogP contribution in [-0.4, -0.2) is 34.4 Å². The average Bonchev–Trinajstić information content (AvgIpc) is 2.89. The molecule has 0 N–H and O–H groups in total. The lowest BCUT2D eigenvalue weighted by atomic mass is 9.92. The molecule has 0 aromatic rings. The summed E-state index contributed by atoms with van der Waals surface area (Å²) in [5.74, 6) is -6.16. The van der Waals surface area contributed by atoms with Crippen LogP contribution in [0.15, 0.2) is 21.5 Å². The van der Waals surface area contributed by atoms with Crippen molar-refractivity contribution in [2.75, 3.05) is 6.61 Å². The molecule has 0 bridgehead atoms. The van der Waals surface area contributed by atoms with Crippen LogP contribution < -0.4 is 0 Å². The van der Waals surface area contributed by atoms with Gasteiger partial charge in [-0.25, -0.2) is 0 Å². The molecule has 1 saturated heterocycles. The molecule has 1 heterocycles. The summed E-state index contributed by atoms with van der Waals surface area (Å²) in [6.07, 6.45) is -1.68. The molecule has 137 valence electrons. The predicted molar refractivity (Wildman–Crippen MR) is 83.6 cm³/mol. The van der Waals surface area contributed by atoms with Crippen molar-refractivity contribution in [2.45, 2.75) is 40.6 Å². The Kier molecular flexibility index (Phi) is 5.80. The number of hydrogen-bond acceptors (Lipinski definition) is 2. The third-order valence-corrected chi connectivity index (χ3v) is 5.80. The second kappa shape index (κ2) is 6.77. The van der Waals surface area contributed by atoms with Gasteiger partial charge in [0.25, 0.3) is 0 Å². The zero-order valence-corrected chi connectivity index (χ0v) is 15.6. The highest BCUT2D eigenvalue weighted by atomic mass is 79.9. The van der Waals surface area contributed by atoms with Crippen LogP contribution in [0.2, 0.25) is 0 Å². The van der Waals surface area contributed by atoms with Gasteiger partial charge in [-0.2, -0.15) is 30.7 Å². The third-order valence-electron chi connectivity index (χ3n) is 3.39. The molecule has 2 rings (SSSR count). The quantitative estimate of drug-likeness (QED) is 0.331. The number of halogens is 9. The van der Waals surface area contributed by atoms with Gasteiger partial charge in [-0.15, -0.1) is 0 Å². The van der Waals surface area contributed by atoms with Gasteiger partial charge in [0.1, 0.15) is 0 Å². The van der Waals surface area contributed by atoms with E-state index in [1.54, 1.807) is 6.42 Å². The van der Waals surface area contributed by atoms with Gasteiger partial charge in [0, 0.05) is 22.4 Å². The van der Waals surface area contributed by atoms with Crippen LogP contribution in [0.4, 0.5) is 30.7 Å². The normalized spacial score (nSPS) is 29.5. The molecule has 1 fully saturated rings. The summed E-state index contributed by atoms with van der Waals surface area (Å²) >= 11 is 5.53. The fourth-order valence-electron chi connectivity index (χ4n) is 2.24. The van der Waals surface area contributed by atoms with Gasteiger partial charge in [-0.05, 0) is 30.7 Å². The van der Waals surface area contributed by atoms with Crippen LogP contribution in [0, 0.1) is 6.42 Å². The summed E-state index contributed by atoms with van der Waals surface area (Å²) in [4.78, 5) is -0.425. The minimum atomic E-state index is -6.36. The zero-order chi connectivity index (χ0) is 18.4. The number of ether oxygens (including phenoxy) is 1. The first-order chi connectivity index (χ1) is 10.8. The van der Waals surface area contributed by atoms with E-state index in [0.717, 1.165) is 12.5 Å². The third kappa shape index (κ3) is 3.98. The minimum Gasteiger partial charge on any atom is -0.376 e. The van der Waals surface area contributed by atoms with Gasteiger partial charge in [0.15, 0.2) is 0 Å². The monoisotopic (exact) mass is 505 g/mol. The van der Waals surface area contributed by atoms with Gasteiger partial charge in [0.05, 0.1) is 10.4 Å². The predicted octanol–water partition coefficient (Wildman–Crippen LogP) is 6.20. The van der Waals surface area contributed by atoms with Crippen molar-refractivity contribution < 1.29 is 35.5 Å². The van der Waals surface area contributed by atoms with Gasteiger partial charge in [-0.1, -0.05) is 37.9 Å². The summed E-state index contributed by atoms with van der Waals surface area (Å²) in [6.45, 7) is 0.450. The van der Waals surface area contributed by atoms with Crippen LogP contribution in [0.3, 0.4) is 0 Å². The molecule has 11 heteroatoms. The van der Waals surface area contributed by atoms with Crippen molar-refractivity contribution in [3.05, 3.63) is 28.0 Å². The fourth-order valence-corrected chi connectivity index (χ4v) is 5.31. The van der Waals surface area contributed by atoms with E-state index in [0.29, 0.717) is 13.0 Å². The molecule has 0 spiro atoms. The molecular formula is C13H10Br2F7OS. The molecule has 0 aromatic carbocycles. The van der Waals surface area contributed by atoms with E-state index in [2.05, 4.69) is 31.9 Å². The first-order valence-electron chi connectivity index (χ1n) is 6.56. The molecule has 0 aromatic heterocycles. The van der Waals surface area contributed by atoms with Crippen LogP contribution >= 0.6 is 43.6 Å². The lowest BCUT2D eigenvalue weighted by molar-refractivity contribution is -0.330. The Morgan fingerprint density at radius 2 is 1.79 bits per heavy atom. The lowest BCUT2D eigenvalue weighted by Gasteiger charge is -2.34. The van der Waals surface area contributed by atoms with Crippen molar-refractivity contribution in [1.82, 2.24) is 0 Å². The first-order valence-corrected chi connectivity index (χ1v) is 8.96. The Labute approximate surface area is 154 Å². The highest BCUT2D eigenvalue weighted by Gasteiger charge is 2.73. The van der Waals surface area contributed by atoms with Crippen LogP contribution in [-0.2, 0) is 4.74 Å². The Bertz CT molecular complexity index is 555. The van der Waals surface area contributed by atoms with Gasteiger partial charge < -0.3 is 4.74 Å². The van der Waals surface area contributed by atoms with E-state index in [-0.39, 0.29) is 4.48 Å². The second-order valence-corrected chi connectivity index (χ2v) is 8.72. The Hall–Kier alpha value is 0.260. The van der Waals surface area contributed by atoms with Crippen LogP contribution in [0.25, 0.3) is 0 Å². The van der Waals surface area contributed by atoms with Crippen LogP contribution in [0.1, 0.15) is 12.8 Å². The molecular weight excluding hydrogens is 497 g/mol. The van der Waals surface area contributed by atoms with Crippen molar-refractivity contribution in [2.24, 2.45) is 0 Å². The van der Waals surface area contributed by atoms with E-state index in [1.165, 1.54) is 6.08 Å². The van der Waals surface area contributed by atoms with E-state index in [1.807, 2.05) is 0 Å². The largest absolute Gasteiger partial charge is 0.460 e. The molecule has 0 saturated carbocycles. The molecule has 1 nitrogen and oxygen atoms in total. The Balaban J connectivity index is 2.28. The average molecular weight is 507 g/mol. The minimum absolute atomic E-state index is 0.269. The maximum atomic E-state index is 13.6. The summed E-state index contributed by atoms with van der Waals surface area (Å²) in [5, 5.41) is -5.36. The number of thioether (sulfide) groups is 1. The van der Waals surface area contributed by atoms with Crippen molar-refractivity contribution in [1.29, 1.82) is 0 Å². The Morgan fingerprint density at radius 1 is 1.17 bits per heavy atom. The standard InChI is InChI=1S/C13H10Br2F7OS/c14-7-4-8(6-10(15,5-7)9-2-1-3-23-9)24-13(21,22)11(16,17)12(18,19)20/h4-6,9H,1-3H2.